The molecule has 0 atom stereocenters. The molecule has 1 fully saturated rings. The number of nitrogens with zero attached hydrogens (tertiary/aromatic N) is 1. The molecule has 1 aliphatic rings. The van der Waals surface area contributed by atoms with Gasteiger partial charge in [0.25, 0.3) is 0 Å². The maximum absolute atomic E-state index is 13.2. The Morgan fingerprint density at radius 2 is 1.54 bits per heavy atom. The summed E-state index contributed by atoms with van der Waals surface area (Å²) in [4.78, 5) is 33.1. The standard InChI is InChI=1S/C23H30FN3O2.C2H2O4/c1-17(2)29-22-9-5-18(6-10-22)15-26-23(28)27(21-11-13-25-14-12-21)16-19-3-7-20(24)8-4-19;3-1(4)2(5)6/h3-10,17,21,25H,11-16H2,1-2H3,(H,26,28);(H,3,4)(H,5,6). The molecule has 2 amide bonds. The highest BCUT2D eigenvalue weighted by molar-refractivity contribution is 6.27. The Labute approximate surface area is 203 Å². The van der Waals surface area contributed by atoms with Gasteiger partial charge in [-0.3, -0.25) is 0 Å². The summed E-state index contributed by atoms with van der Waals surface area (Å²) >= 11 is 0. The molecule has 10 heteroatoms. The molecule has 9 nitrogen and oxygen atoms in total. The monoisotopic (exact) mass is 489 g/mol. The molecule has 4 N–H and O–H groups in total. The van der Waals surface area contributed by atoms with Crippen molar-refractivity contribution in [3.05, 3.63) is 65.5 Å². The maximum atomic E-state index is 13.2. The highest BCUT2D eigenvalue weighted by atomic mass is 19.1. The lowest BCUT2D eigenvalue weighted by Gasteiger charge is -2.35. The number of nitrogens with one attached hydrogen (secondary N) is 2. The maximum Gasteiger partial charge on any atom is 0.414 e. The minimum atomic E-state index is -1.82. The van der Waals surface area contributed by atoms with Gasteiger partial charge in [0.05, 0.1) is 6.10 Å². The fourth-order valence-corrected chi connectivity index (χ4v) is 3.51. The minimum Gasteiger partial charge on any atom is -0.491 e. The Hall–Kier alpha value is -3.66. The molecule has 0 aromatic heterocycles. The van der Waals surface area contributed by atoms with Gasteiger partial charge >= 0.3 is 18.0 Å². The van der Waals surface area contributed by atoms with E-state index in [1.807, 2.05) is 43.0 Å². The number of hydrogen-bond donors (Lipinski definition) is 4. The van der Waals surface area contributed by atoms with Gasteiger partial charge in [-0.1, -0.05) is 24.3 Å². The molecule has 190 valence electrons. The Kier molecular flexibility index (Phi) is 11.0. The number of carboxylic acids is 2. The zero-order valence-electron chi connectivity index (χ0n) is 19.9. The predicted molar refractivity (Wildman–Crippen MR) is 128 cm³/mol. The van der Waals surface area contributed by atoms with Crippen LogP contribution in [-0.4, -0.2) is 58.3 Å². The zero-order valence-corrected chi connectivity index (χ0v) is 19.9. The van der Waals surface area contributed by atoms with Crippen LogP contribution in [0.5, 0.6) is 5.75 Å². The van der Waals surface area contributed by atoms with Crippen molar-refractivity contribution < 1.29 is 33.7 Å². The summed E-state index contributed by atoms with van der Waals surface area (Å²) in [7, 11) is 0. The lowest BCUT2D eigenvalue weighted by molar-refractivity contribution is -0.159. The first-order valence-corrected chi connectivity index (χ1v) is 11.4. The van der Waals surface area contributed by atoms with Crippen LogP contribution >= 0.6 is 0 Å². The number of halogens is 1. The van der Waals surface area contributed by atoms with Crippen LogP contribution in [0.2, 0.25) is 0 Å². The van der Waals surface area contributed by atoms with Gasteiger partial charge in [0.15, 0.2) is 0 Å². The number of carbonyl (C=O) groups excluding carboxylic acids is 1. The lowest BCUT2D eigenvalue weighted by atomic mass is 10.0. The average molecular weight is 490 g/mol. The van der Waals surface area contributed by atoms with Crippen LogP contribution in [0.3, 0.4) is 0 Å². The van der Waals surface area contributed by atoms with Crippen LogP contribution in [0.1, 0.15) is 37.8 Å². The molecular weight excluding hydrogens is 457 g/mol. The van der Waals surface area contributed by atoms with Crippen molar-refractivity contribution in [1.29, 1.82) is 0 Å². The van der Waals surface area contributed by atoms with Crippen LogP contribution in [0.4, 0.5) is 9.18 Å². The molecule has 0 aliphatic carbocycles. The molecule has 2 aromatic carbocycles. The van der Waals surface area contributed by atoms with Gasteiger partial charge in [-0.2, -0.15) is 0 Å². The normalized spacial score (nSPS) is 13.4. The number of hydrogen-bond acceptors (Lipinski definition) is 5. The van der Waals surface area contributed by atoms with E-state index in [1.165, 1.54) is 12.1 Å². The van der Waals surface area contributed by atoms with Crippen molar-refractivity contribution in [2.45, 2.75) is 51.9 Å². The van der Waals surface area contributed by atoms with Gasteiger partial charge in [-0.05, 0) is 75.2 Å². The molecule has 0 saturated carbocycles. The van der Waals surface area contributed by atoms with Gasteiger partial charge in [0.2, 0.25) is 0 Å². The van der Waals surface area contributed by atoms with Gasteiger partial charge in [-0.15, -0.1) is 0 Å². The second-order valence-corrected chi connectivity index (χ2v) is 8.32. The lowest BCUT2D eigenvalue weighted by Crippen LogP contribution is -2.49. The van der Waals surface area contributed by atoms with Crippen LogP contribution in [0.15, 0.2) is 48.5 Å². The fraction of sp³-hybridized carbons (Fsp3) is 0.400. The third-order valence-corrected chi connectivity index (χ3v) is 5.20. The summed E-state index contributed by atoms with van der Waals surface area (Å²) in [6.45, 7) is 6.70. The van der Waals surface area contributed by atoms with E-state index >= 15 is 0 Å². The van der Waals surface area contributed by atoms with E-state index in [1.54, 1.807) is 12.1 Å². The number of amides is 2. The van der Waals surface area contributed by atoms with Crippen LogP contribution in [-0.2, 0) is 22.7 Å². The van der Waals surface area contributed by atoms with Gasteiger partial charge in [0, 0.05) is 19.1 Å². The molecule has 3 rings (SSSR count). The summed E-state index contributed by atoms with van der Waals surface area (Å²) in [5, 5.41) is 21.2. The molecule has 0 spiro atoms. The smallest absolute Gasteiger partial charge is 0.414 e. The number of rotatable bonds is 7. The van der Waals surface area contributed by atoms with E-state index in [0.717, 1.165) is 42.8 Å². The number of benzene rings is 2. The largest absolute Gasteiger partial charge is 0.491 e. The molecule has 0 bridgehead atoms. The molecule has 0 unspecified atom stereocenters. The van der Waals surface area contributed by atoms with E-state index in [-0.39, 0.29) is 24.0 Å². The Morgan fingerprint density at radius 3 is 2.06 bits per heavy atom. The van der Waals surface area contributed by atoms with Gasteiger partial charge in [0.1, 0.15) is 11.6 Å². The van der Waals surface area contributed by atoms with Crippen molar-refractivity contribution in [1.82, 2.24) is 15.5 Å². The topological polar surface area (TPSA) is 128 Å². The Bertz CT molecular complexity index is 948. The number of urea groups is 1. The second kappa shape index (κ2) is 13.9. The second-order valence-electron chi connectivity index (χ2n) is 8.32. The molecule has 1 saturated heterocycles. The fourth-order valence-electron chi connectivity index (χ4n) is 3.51. The highest BCUT2D eigenvalue weighted by Crippen LogP contribution is 2.18. The number of carbonyl (C=O) groups is 3. The first kappa shape index (κ1) is 27.6. The summed E-state index contributed by atoms with van der Waals surface area (Å²) < 4.78 is 18.9. The number of carboxylic acid groups (broad SMARTS) is 2. The molecule has 2 aromatic rings. The van der Waals surface area contributed by atoms with Crippen molar-refractivity contribution in [3.8, 4) is 5.75 Å². The van der Waals surface area contributed by atoms with E-state index < -0.39 is 11.9 Å². The van der Waals surface area contributed by atoms with Crippen molar-refractivity contribution in [2.24, 2.45) is 0 Å². The van der Waals surface area contributed by atoms with E-state index in [2.05, 4.69) is 10.6 Å². The van der Waals surface area contributed by atoms with Gasteiger partial charge in [-0.25, -0.2) is 18.8 Å². The van der Waals surface area contributed by atoms with E-state index in [4.69, 9.17) is 24.5 Å². The first-order chi connectivity index (χ1) is 16.7. The summed E-state index contributed by atoms with van der Waals surface area (Å²) in [6, 6.07) is 14.2. The summed E-state index contributed by atoms with van der Waals surface area (Å²) in [5.41, 5.74) is 1.94. The highest BCUT2D eigenvalue weighted by Gasteiger charge is 2.25. The Balaban J connectivity index is 0.000000641. The summed E-state index contributed by atoms with van der Waals surface area (Å²) in [6.07, 6.45) is 1.96. The van der Waals surface area contributed by atoms with Crippen LogP contribution < -0.4 is 15.4 Å². The average Bonchev–Trinajstić information content (AvgIpc) is 2.83. The van der Waals surface area contributed by atoms with Crippen molar-refractivity contribution >= 4 is 18.0 Å². The minimum absolute atomic E-state index is 0.0938. The van der Waals surface area contributed by atoms with Crippen molar-refractivity contribution in [3.63, 3.8) is 0 Å². The summed E-state index contributed by atoms with van der Waals surface area (Å²) in [5.74, 6) is -3.09. The van der Waals surface area contributed by atoms with Crippen LogP contribution in [0, 0.1) is 5.82 Å². The van der Waals surface area contributed by atoms with E-state index in [9.17, 15) is 9.18 Å². The quantitative estimate of drug-likeness (QED) is 0.440. The zero-order chi connectivity index (χ0) is 25.8. The Morgan fingerprint density at radius 1 is 1.00 bits per heavy atom. The third-order valence-electron chi connectivity index (χ3n) is 5.20. The molecule has 35 heavy (non-hydrogen) atoms. The SMILES string of the molecule is CC(C)Oc1ccc(CNC(=O)N(Cc2ccc(F)cc2)C2CCNCC2)cc1.O=C(O)C(=O)O. The molecule has 1 heterocycles. The molecule has 0 radical (unpaired) electrons. The number of aliphatic carboxylic acids is 2. The predicted octanol–water partition coefficient (Wildman–Crippen LogP) is 3.23. The van der Waals surface area contributed by atoms with Crippen molar-refractivity contribution in [2.75, 3.05) is 13.1 Å². The van der Waals surface area contributed by atoms with E-state index in [0.29, 0.717) is 13.1 Å². The first-order valence-electron chi connectivity index (χ1n) is 11.4. The van der Waals surface area contributed by atoms with Crippen LogP contribution in [0.25, 0.3) is 0 Å². The number of piperidine rings is 1. The number of ether oxygens (including phenoxy) is 1. The van der Waals surface area contributed by atoms with Gasteiger partial charge < -0.3 is 30.5 Å². The molecule has 1 aliphatic heterocycles. The molecular formula is C25H32FN3O6. The third kappa shape index (κ3) is 10.0.